The van der Waals surface area contributed by atoms with Crippen molar-refractivity contribution in [2.45, 2.75) is 91.6 Å². The molecule has 1 aliphatic heterocycles. The fourth-order valence-corrected chi connectivity index (χ4v) is 5.02. The van der Waals surface area contributed by atoms with Gasteiger partial charge in [0.15, 0.2) is 6.10 Å². The summed E-state index contributed by atoms with van der Waals surface area (Å²) in [7, 11) is 0. The lowest BCUT2D eigenvalue weighted by atomic mass is 10.00. The summed E-state index contributed by atoms with van der Waals surface area (Å²) in [5.41, 5.74) is 3.17. The number of carbonyl (C=O) groups is 1. The summed E-state index contributed by atoms with van der Waals surface area (Å²) in [6, 6.07) is 0.526. The van der Waals surface area contributed by atoms with Crippen LogP contribution in [0.15, 0.2) is 4.47 Å². The zero-order valence-corrected chi connectivity index (χ0v) is 19.7. The first kappa shape index (κ1) is 21.6. The Labute approximate surface area is 177 Å². The van der Waals surface area contributed by atoms with Crippen LogP contribution in [0.2, 0.25) is 0 Å². The van der Waals surface area contributed by atoms with Gasteiger partial charge in [0.25, 0.3) is 0 Å². The van der Waals surface area contributed by atoms with Gasteiger partial charge in [-0.1, -0.05) is 0 Å². The number of carbonyl (C=O) groups excluding carboxylic acids is 1. The van der Waals surface area contributed by atoms with Crippen molar-refractivity contribution in [2.24, 2.45) is 5.92 Å². The molecule has 0 radical (unpaired) electrons. The van der Waals surface area contributed by atoms with E-state index in [0.29, 0.717) is 6.04 Å². The Kier molecular flexibility index (Phi) is 6.12. The minimum Gasteiger partial charge on any atom is -0.461 e. The van der Waals surface area contributed by atoms with Crippen molar-refractivity contribution in [1.29, 1.82) is 0 Å². The van der Waals surface area contributed by atoms with Crippen LogP contribution < -0.4 is 4.90 Å². The third kappa shape index (κ3) is 4.38. The molecule has 6 heteroatoms. The van der Waals surface area contributed by atoms with E-state index in [-0.39, 0.29) is 12.1 Å². The average molecular weight is 453 g/mol. The number of esters is 1. The number of hydrogen-bond acceptors (Lipinski definition) is 5. The van der Waals surface area contributed by atoms with Gasteiger partial charge in [-0.15, -0.1) is 0 Å². The van der Waals surface area contributed by atoms with Crippen molar-refractivity contribution in [3.63, 3.8) is 0 Å². The van der Waals surface area contributed by atoms with Gasteiger partial charge in [-0.25, -0.2) is 4.79 Å². The molecular formula is C22H33BrN2O3. The third-order valence-corrected chi connectivity index (χ3v) is 6.45. The van der Waals surface area contributed by atoms with E-state index < -0.39 is 11.7 Å². The minimum atomic E-state index is -0.805. The molecule has 3 unspecified atom stereocenters. The number of piperidine rings is 1. The van der Waals surface area contributed by atoms with Crippen molar-refractivity contribution < 1.29 is 14.3 Å². The van der Waals surface area contributed by atoms with Gasteiger partial charge in [0.2, 0.25) is 0 Å². The Morgan fingerprint density at radius 1 is 1.21 bits per heavy atom. The van der Waals surface area contributed by atoms with E-state index >= 15 is 0 Å². The quantitative estimate of drug-likeness (QED) is 0.570. The summed E-state index contributed by atoms with van der Waals surface area (Å²) in [6.07, 6.45) is 2.73. The van der Waals surface area contributed by atoms with Crippen molar-refractivity contribution >= 4 is 27.6 Å². The van der Waals surface area contributed by atoms with Gasteiger partial charge in [-0.05, 0) is 89.6 Å². The van der Waals surface area contributed by atoms with Gasteiger partial charge >= 0.3 is 5.97 Å². The van der Waals surface area contributed by atoms with Crippen LogP contribution in [0.3, 0.4) is 0 Å². The van der Waals surface area contributed by atoms with Gasteiger partial charge in [0.05, 0.1) is 27.6 Å². The molecule has 2 aliphatic rings. The van der Waals surface area contributed by atoms with Gasteiger partial charge < -0.3 is 14.4 Å². The minimum absolute atomic E-state index is 0.202. The smallest absolute Gasteiger partial charge is 0.340 e. The Balaban J connectivity index is 2.13. The van der Waals surface area contributed by atoms with E-state index in [4.69, 9.17) is 14.5 Å². The Bertz CT molecular complexity index is 757. The Hall–Kier alpha value is -1.14. The highest BCUT2D eigenvalue weighted by Crippen LogP contribution is 2.47. The predicted octanol–water partition coefficient (Wildman–Crippen LogP) is 5.26. The molecule has 3 rings (SSSR count). The lowest BCUT2D eigenvalue weighted by molar-refractivity contribution is -0.171. The number of hydrogen-bond donors (Lipinski definition) is 0. The van der Waals surface area contributed by atoms with Crippen molar-refractivity contribution in [3.05, 3.63) is 21.4 Å². The number of aromatic nitrogens is 1. The third-order valence-electron chi connectivity index (χ3n) is 5.50. The lowest BCUT2D eigenvalue weighted by Crippen LogP contribution is -2.36. The summed E-state index contributed by atoms with van der Waals surface area (Å²) < 4.78 is 12.8. The van der Waals surface area contributed by atoms with Crippen LogP contribution in [-0.4, -0.2) is 35.2 Å². The van der Waals surface area contributed by atoms with E-state index in [2.05, 4.69) is 20.8 Å². The molecule has 1 aromatic rings. The van der Waals surface area contributed by atoms with Gasteiger partial charge in [-0.3, -0.25) is 4.98 Å². The highest BCUT2D eigenvalue weighted by Gasteiger charge is 2.42. The van der Waals surface area contributed by atoms with E-state index in [1.807, 2.05) is 48.5 Å². The second-order valence-corrected chi connectivity index (χ2v) is 10.2. The number of pyridine rings is 1. The van der Waals surface area contributed by atoms with Crippen LogP contribution in [0.1, 0.15) is 76.9 Å². The van der Waals surface area contributed by atoms with Gasteiger partial charge in [0.1, 0.15) is 0 Å². The molecule has 1 aromatic heterocycles. The lowest BCUT2D eigenvalue weighted by Gasteiger charge is -2.36. The molecule has 5 nitrogen and oxygen atoms in total. The molecular weight excluding hydrogens is 420 g/mol. The largest absolute Gasteiger partial charge is 0.461 e. The van der Waals surface area contributed by atoms with Crippen molar-refractivity contribution in [1.82, 2.24) is 4.98 Å². The van der Waals surface area contributed by atoms with Crippen LogP contribution in [0.4, 0.5) is 5.69 Å². The second kappa shape index (κ2) is 7.94. The van der Waals surface area contributed by atoms with E-state index in [1.54, 1.807) is 0 Å². The number of rotatable bonds is 5. The maximum atomic E-state index is 13.1. The monoisotopic (exact) mass is 452 g/mol. The molecule has 0 spiro atoms. The summed E-state index contributed by atoms with van der Waals surface area (Å²) in [5.74, 6) is 0.388. The molecule has 2 heterocycles. The Morgan fingerprint density at radius 2 is 1.89 bits per heavy atom. The molecule has 0 aromatic carbocycles. The van der Waals surface area contributed by atoms with E-state index in [0.717, 1.165) is 39.6 Å². The normalized spacial score (nSPS) is 22.8. The van der Waals surface area contributed by atoms with Crippen LogP contribution >= 0.6 is 15.9 Å². The highest BCUT2D eigenvalue weighted by atomic mass is 79.9. The molecule has 2 fully saturated rings. The zero-order valence-electron chi connectivity index (χ0n) is 18.1. The van der Waals surface area contributed by atoms with Crippen LogP contribution in [0.5, 0.6) is 0 Å². The zero-order chi connectivity index (χ0) is 20.8. The topological polar surface area (TPSA) is 51.7 Å². The number of fused-ring (bicyclic) bond motifs is 2. The van der Waals surface area contributed by atoms with Crippen LogP contribution in [0, 0.1) is 19.8 Å². The summed E-state index contributed by atoms with van der Waals surface area (Å²) in [4.78, 5) is 20.3. The number of anilines is 1. The van der Waals surface area contributed by atoms with E-state index in [1.165, 1.54) is 19.3 Å². The fraction of sp³-hybridized carbons (Fsp3) is 0.727. The maximum absolute atomic E-state index is 13.1. The number of halogens is 1. The number of ether oxygens (including phenoxy) is 2. The van der Waals surface area contributed by atoms with Crippen LogP contribution in [-0.2, 0) is 14.3 Å². The molecule has 2 bridgehead atoms. The maximum Gasteiger partial charge on any atom is 0.340 e. The number of nitrogens with zero attached hydrogens (tertiary/aromatic N) is 2. The molecule has 3 atom stereocenters. The molecule has 1 saturated carbocycles. The van der Waals surface area contributed by atoms with Crippen molar-refractivity contribution in [2.75, 3.05) is 11.4 Å². The molecule has 1 saturated heterocycles. The standard InChI is InChI=1S/C22H33BrN2O3/c1-12(2)27-21(26)20(28-22(5,6)7)17-13(3)24-14(4)18(23)19(17)25-11-15-8-9-16(25)10-15/h12,15-16,20H,8-11H2,1-7H3. The molecule has 0 amide bonds. The first-order chi connectivity index (χ1) is 13.0. The first-order valence-electron chi connectivity index (χ1n) is 10.3. The predicted molar refractivity (Wildman–Crippen MR) is 115 cm³/mol. The summed E-state index contributed by atoms with van der Waals surface area (Å²) in [5, 5.41) is 0. The summed E-state index contributed by atoms with van der Waals surface area (Å²) in [6.45, 7) is 14.6. The first-order valence-corrected chi connectivity index (χ1v) is 11.1. The van der Waals surface area contributed by atoms with E-state index in [9.17, 15) is 4.79 Å². The van der Waals surface area contributed by atoms with Crippen molar-refractivity contribution in [3.8, 4) is 0 Å². The SMILES string of the molecule is Cc1nc(C)c(C(OC(C)(C)C)C(=O)OC(C)C)c(N2CC3CCC2C3)c1Br. The van der Waals surface area contributed by atoms with Gasteiger partial charge in [0, 0.05) is 23.8 Å². The summed E-state index contributed by atoms with van der Waals surface area (Å²) >= 11 is 3.78. The van der Waals surface area contributed by atoms with Crippen LogP contribution in [0.25, 0.3) is 0 Å². The van der Waals surface area contributed by atoms with Gasteiger partial charge in [-0.2, -0.15) is 0 Å². The highest BCUT2D eigenvalue weighted by molar-refractivity contribution is 9.10. The second-order valence-electron chi connectivity index (χ2n) is 9.44. The average Bonchev–Trinajstić information content (AvgIpc) is 3.17. The number of aryl methyl sites for hydroxylation is 2. The Morgan fingerprint density at radius 3 is 2.39 bits per heavy atom. The molecule has 1 aliphatic carbocycles. The molecule has 156 valence electrons. The molecule has 28 heavy (non-hydrogen) atoms. The fourth-order valence-electron chi connectivity index (χ4n) is 4.49. The molecule has 0 N–H and O–H groups in total.